The molecule has 0 radical (unpaired) electrons. The smallest absolute Gasteiger partial charge is 0.272 e. The number of nitrogens with zero attached hydrogens (tertiary/aromatic N) is 2. The number of Topliss-reactive ketones (excluding diaryl/α,β-unsaturated/α-hetero) is 1. The molecule has 6 heteroatoms. The van der Waals surface area contributed by atoms with Gasteiger partial charge in [-0.1, -0.05) is 18.2 Å². The van der Waals surface area contributed by atoms with Gasteiger partial charge in [-0.25, -0.2) is 5.43 Å². The molecule has 0 aromatic carbocycles. The number of nitrogens with one attached hydrogen (secondary N) is 1. The van der Waals surface area contributed by atoms with E-state index in [0.29, 0.717) is 11.1 Å². The fourth-order valence-corrected chi connectivity index (χ4v) is 2.17. The molecule has 1 amide bonds. The van der Waals surface area contributed by atoms with E-state index < -0.39 is 5.91 Å². The Labute approximate surface area is 126 Å². The predicted molar refractivity (Wildman–Crippen MR) is 79.9 cm³/mol. The lowest BCUT2D eigenvalue weighted by Crippen LogP contribution is -2.33. The number of hydrazone groups is 1. The van der Waals surface area contributed by atoms with Crippen molar-refractivity contribution in [1.29, 1.82) is 0 Å². The average molecular weight is 295 g/mol. The number of hydrogen-bond donors (Lipinski definition) is 1. The van der Waals surface area contributed by atoms with Crippen LogP contribution in [-0.4, -0.2) is 29.0 Å². The van der Waals surface area contributed by atoms with Crippen molar-refractivity contribution >= 4 is 17.9 Å². The fourth-order valence-electron chi connectivity index (χ4n) is 2.17. The van der Waals surface area contributed by atoms with Gasteiger partial charge in [-0.3, -0.25) is 14.6 Å². The molecular weight excluding hydrogens is 282 g/mol. The molecular formula is C16H13N3O3. The number of hydrogen-bond acceptors (Lipinski definition) is 5. The summed E-state index contributed by atoms with van der Waals surface area (Å²) >= 11 is 0. The summed E-state index contributed by atoms with van der Waals surface area (Å²) in [5, 5.41) is 3.80. The van der Waals surface area contributed by atoms with E-state index in [1.165, 1.54) is 18.7 Å². The van der Waals surface area contributed by atoms with Crippen LogP contribution in [0.3, 0.4) is 0 Å². The van der Waals surface area contributed by atoms with Gasteiger partial charge >= 0.3 is 0 Å². The van der Waals surface area contributed by atoms with Gasteiger partial charge in [-0.05, 0) is 18.2 Å². The van der Waals surface area contributed by atoms with Gasteiger partial charge in [0, 0.05) is 12.4 Å². The highest BCUT2D eigenvalue weighted by Crippen LogP contribution is 2.24. The first-order valence-corrected chi connectivity index (χ1v) is 6.74. The molecule has 0 bridgehead atoms. The Balaban J connectivity index is 1.65. The van der Waals surface area contributed by atoms with Gasteiger partial charge in [0.2, 0.25) is 0 Å². The first-order valence-electron chi connectivity index (χ1n) is 6.74. The highest BCUT2D eigenvalue weighted by Gasteiger charge is 2.32. The molecule has 1 aliphatic carbocycles. The maximum atomic E-state index is 12.3. The minimum atomic E-state index is -0.396. The number of pyridine rings is 1. The van der Waals surface area contributed by atoms with Gasteiger partial charge in [0.05, 0.1) is 29.5 Å². The summed E-state index contributed by atoms with van der Waals surface area (Å²) in [5.74, 6) is -0.825. The number of carbonyl (C=O) groups excluding carboxylic acids is 2. The van der Waals surface area contributed by atoms with E-state index in [4.69, 9.17) is 4.74 Å². The maximum absolute atomic E-state index is 12.3. The van der Waals surface area contributed by atoms with Crippen LogP contribution >= 0.6 is 0 Å². The van der Waals surface area contributed by atoms with Crippen molar-refractivity contribution in [1.82, 2.24) is 10.4 Å². The molecule has 22 heavy (non-hydrogen) atoms. The first kappa shape index (κ1) is 13.9. The number of fused-ring (bicyclic) bond motifs is 1. The normalized spacial score (nSPS) is 22.9. The Kier molecular flexibility index (Phi) is 3.91. The zero-order chi connectivity index (χ0) is 15.4. The van der Waals surface area contributed by atoms with Crippen LogP contribution in [0, 0.1) is 5.92 Å². The van der Waals surface area contributed by atoms with Gasteiger partial charge < -0.3 is 4.74 Å². The first-order chi connectivity index (χ1) is 10.8. The fraction of sp³-hybridized carbons (Fsp3) is 0.125. The van der Waals surface area contributed by atoms with Crippen molar-refractivity contribution in [3.8, 4) is 0 Å². The van der Waals surface area contributed by atoms with Crippen molar-refractivity contribution < 1.29 is 14.3 Å². The number of amides is 1. The Morgan fingerprint density at radius 2 is 2.23 bits per heavy atom. The van der Waals surface area contributed by atoms with Crippen LogP contribution in [0.25, 0.3) is 0 Å². The lowest BCUT2D eigenvalue weighted by molar-refractivity contribution is -0.121. The molecule has 1 N–H and O–H groups in total. The number of allylic oxidation sites excluding steroid dienone is 3. The third kappa shape index (κ3) is 2.85. The lowest BCUT2D eigenvalue weighted by Gasteiger charge is -2.26. The molecule has 1 aliphatic heterocycles. The molecule has 0 saturated heterocycles. The van der Waals surface area contributed by atoms with E-state index >= 15 is 0 Å². The molecule has 3 rings (SSSR count). The van der Waals surface area contributed by atoms with Crippen LogP contribution in [0.5, 0.6) is 0 Å². The van der Waals surface area contributed by atoms with Crippen molar-refractivity contribution in [2.45, 2.75) is 6.10 Å². The predicted octanol–water partition coefficient (Wildman–Crippen LogP) is 1.39. The van der Waals surface area contributed by atoms with E-state index in [-0.39, 0.29) is 17.8 Å². The Hall–Kier alpha value is -3.02. The van der Waals surface area contributed by atoms with E-state index in [1.54, 1.807) is 24.4 Å². The van der Waals surface area contributed by atoms with Gasteiger partial charge in [0.25, 0.3) is 5.91 Å². The summed E-state index contributed by atoms with van der Waals surface area (Å²) < 4.78 is 5.47. The van der Waals surface area contributed by atoms with Crippen LogP contribution < -0.4 is 5.43 Å². The number of ether oxygens (including phenoxy) is 1. The van der Waals surface area contributed by atoms with Crippen LogP contribution in [-0.2, 0) is 9.53 Å². The second-order valence-electron chi connectivity index (χ2n) is 4.77. The van der Waals surface area contributed by atoms with Crippen LogP contribution in [0.4, 0.5) is 0 Å². The summed E-state index contributed by atoms with van der Waals surface area (Å²) in [7, 11) is 0. The van der Waals surface area contributed by atoms with Crippen LogP contribution in [0.2, 0.25) is 0 Å². The summed E-state index contributed by atoms with van der Waals surface area (Å²) in [5.41, 5.74) is 3.05. The number of rotatable bonds is 3. The van der Waals surface area contributed by atoms with Crippen molar-refractivity contribution in [2.75, 3.05) is 0 Å². The third-order valence-corrected chi connectivity index (χ3v) is 3.32. The van der Waals surface area contributed by atoms with E-state index in [9.17, 15) is 9.59 Å². The number of aromatic nitrogens is 1. The lowest BCUT2D eigenvalue weighted by atomic mass is 9.88. The second-order valence-corrected chi connectivity index (χ2v) is 4.77. The molecule has 2 atom stereocenters. The zero-order valence-corrected chi connectivity index (χ0v) is 11.5. The molecule has 2 aliphatic rings. The number of carbonyl (C=O) groups is 2. The van der Waals surface area contributed by atoms with Crippen molar-refractivity contribution in [3.63, 3.8) is 0 Å². The summed E-state index contributed by atoms with van der Waals surface area (Å²) in [6, 6.07) is 3.28. The molecule has 1 aromatic heterocycles. The molecule has 0 spiro atoms. The maximum Gasteiger partial charge on any atom is 0.272 e. The second kappa shape index (κ2) is 6.17. The molecule has 2 unspecified atom stereocenters. The Bertz CT molecular complexity index is 705. The molecule has 6 nitrogen and oxygen atoms in total. The molecule has 2 heterocycles. The minimum Gasteiger partial charge on any atom is -0.492 e. The third-order valence-electron chi connectivity index (χ3n) is 3.32. The van der Waals surface area contributed by atoms with Crippen LogP contribution in [0.1, 0.15) is 10.4 Å². The van der Waals surface area contributed by atoms with Gasteiger partial charge in [0.1, 0.15) is 6.10 Å². The average Bonchev–Trinajstić information content (AvgIpc) is 2.58. The Morgan fingerprint density at radius 3 is 3.05 bits per heavy atom. The largest absolute Gasteiger partial charge is 0.492 e. The SMILES string of the molecule is O=C(N/N=C/C1=COC2C=CC=CC2C1=O)c1cccnc1. The van der Waals surface area contributed by atoms with Crippen molar-refractivity contribution in [2.24, 2.45) is 11.0 Å². The van der Waals surface area contributed by atoms with Crippen molar-refractivity contribution in [3.05, 3.63) is 66.2 Å². The summed E-state index contributed by atoms with van der Waals surface area (Å²) in [6.45, 7) is 0. The van der Waals surface area contributed by atoms with E-state index in [2.05, 4.69) is 15.5 Å². The zero-order valence-electron chi connectivity index (χ0n) is 11.5. The quantitative estimate of drug-likeness (QED) is 0.675. The van der Waals surface area contributed by atoms with E-state index in [1.807, 2.05) is 18.2 Å². The van der Waals surface area contributed by atoms with E-state index in [0.717, 1.165) is 0 Å². The van der Waals surface area contributed by atoms with Crippen LogP contribution in [0.15, 0.2) is 65.8 Å². The Morgan fingerprint density at radius 1 is 1.36 bits per heavy atom. The van der Waals surface area contributed by atoms with Gasteiger partial charge in [-0.2, -0.15) is 5.10 Å². The summed E-state index contributed by atoms with van der Waals surface area (Å²) in [6.07, 6.45) is 12.7. The summed E-state index contributed by atoms with van der Waals surface area (Å²) in [4.78, 5) is 27.9. The van der Waals surface area contributed by atoms with Gasteiger partial charge in [-0.15, -0.1) is 0 Å². The van der Waals surface area contributed by atoms with Gasteiger partial charge in [0.15, 0.2) is 5.78 Å². The standard InChI is InChI=1S/C16H13N3O3/c20-15-12(10-22-14-6-2-1-5-13(14)15)9-18-19-16(21)11-4-3-7-17-8-11/h1-10,13-14H,(H,19,21)/b18-9+. The topological polar surface area (TPSA) is 80.6 Å². The molecule has 1 aromatic rings. The molecule has 110 valence electrons. The highest BCUT2D eigenvalue weighted by molar-refractivity contribution is 6.15. The number of ketones is 1. The monoisotopic (exact) mass is 295 g/mol. The minimum absolute atomic E-state index is 0.0868. The molecule has 0 fully saturated rings. The highest BCUT2D eigenvalue weighted by atomic mass is 16.5. The molecule has 0 saturated carbocycles.